The molecule has 0 radical (unpaired) electrons. The third-order valence-electron chi connectivity index (χ3n) is 2.55. The Kier molecular flexibility index (Phi) is 3.11. The molecule has 0 aliphatic rings. The highest BCUT2D eigenvalue weighted by Gasteiger charge is 2.14. The number of nitrogen functional groups attached to an aromatic ring is 1. The van der Waals surface area contributed by atoms with Gasteiger partial charge in [0.25, 0.3) is 0 Å². The molecule has 0 unspecified atom stereocenters. The Hall–Kier alpha value is -1.49. The standard InChI is InChI=1S/C12H16N4S/c1-6(2)9-8(4)15-11(16-10(9)13)12-14-7(3)5-17-12/h5-6H,1-4H3,(H2,13,15,16). The Labute approximate surface area is 105 Å². The van der Waals surface area contributed by atoms with Crippen molar-refractivity contribution in [2.45, 2.75) is 33.6 Å². The zero-order valence-electron chi connectivity index (χ0n) is 10.5. The second-order valence-electron chi connectivity index (χ2n) is 4.38. The lowest BCUT2D eigenvalue weighted by Crippen LogP contribution is -2.06. The number of aromatic nitrogens is 3. The van der Waals surface area contributed by atoms with Gasteiger partial charge in [0.1, 0.15) is 5.82 Å². The van der Waals surface area contributed by atoms with Crippen molar-refractivity contribution in [3.05, 3.63) is 22.3 Å². The summed E-state index contributed by atoms with van der Waals surface area (Å²) in [5, 5.41) is 2.81. The summed E-state index contributed by atoms with van der Waals surface area (Å²) in [7, 11) is 0. The summed E-state index contributed by atoms with van der Waals surface area (Å²) in [5.74, 6) is 1.53. The topological polar surface area (TPSA) is 64.7 Å². The van der Waals surface area contributed by atoms with E-state index in [2.05, 4.69) is 28.8 Å². The molecule has 5 heteroatoms. The first kappa shape index (κ1) is 12.0. The first-order valence-corrected chi connectivity index (χ1v) is 6.43. The molecule has 17 heavy (non-hydrogen) atoms. The lowest BCUT2D eigenvalue weighted by atomic mass is 10.0. The molecule has 90 valence electrons. The van der Waals surface area contributed by atoms with E-state index in [0.29, 0.717) is 17.6 Å². The molecular formula is C12H16N4S. The van der Waals surface area contributed by atoms with Crippen LogP contribution in [0.1, 0.15) is 36.7 Å². The fourth-order valence-electron chi connectivity index (χ4n) is 1.87. The Morgan fingerprint density at radius 2 is 1.88 bits per heavy atom. The molecule has 0 saturated heterocycles. The Morgan fingerprint density at radius 1 is 1.18 bits per heavy atom. The number of anilines is 1. The summed E-state index contributed by atoms with van der Waals surface area (Å²) in [5.41, 5.74) is 8.95. The lowest BCUT2D eigenvalue weighted by Gasteiger charge is -2.12. The van der Waals surface area contributed by atoms with Crippen molar-refractivity contribution < 1.29 is 0 Å². The fraction of sp³-hybridized carbons (Fsp3) is 0.417. The molecule has 2 aromatic rings. The second-order valence-corrected chi connectivity index (χ2v) is 5.24. The average Bonchev–Trinajstić information content (AvgIpc) is 2.63. The van der Waals surface area contributed by atoms with E-state index in [9.17, 15) is 0 Å². The molecule has 0 aliphatic carbocycles. The largest absolute Gasteiger partial charge is 0.383 e. The van der Waals surface area contributed by atoms with Crippen LogP contribution >= 0.6 is 11.3 Å². The van der Waals surface area contributed by atoms with Crippen LogP contribution in [-0.2, 0) is 0 Å². The monoisotopic (exact) mass is 248 g/mol. The van der Waals surface area contributed by atoms with E-state index in [4.69, 9.17) is 5.73 Å². The number of aryl methyl sites for hydroxylation is 2. The van der Waals surface area contributed by atoms with E-state index in [0.717, 1.165) is 22.0 Å². The van der Waals surface area contributed by atoms with E-state index in [1.165, 1.54) is 0 Å². The highest BCUT2D eigenvalue weighted by molar-refractivity contribution is 7.13. The summed E-state index contributed by atoms with van der Waals surface area (Å²) in [6.07, 6.45) is 0. The van der Waals surface area contributed by atoms with Crippen LogP contribution < -0.4 is 5.73 Å². The van der Waals surface area contributed by atoms with Crippen LogP contribution in [0.3, 0.4) is 0 Å². The first-order valence-electron chi connectivity index (χ1n) is 5.55. The predicted molar refractivity (Wildman–Crippen MR) is 71.1 cm³/mol. The summed E-state index contributed by atoms with van der Waals surface area (Å²) < 4.78 is 0. The van der Waals surface area contributed by atoms with Gasteiger partial charge in [0.05, 0.1) is 0 Å². The van der Waals surface area contributed by atoms with E-state index in [1.54, 1.807) is 11.3 Å². The van der Waals surface area contributed by atoms with Gasteiger partial charge >= 0.3 is 0 Å². The Morgan fingerprint density at radius 3 is 2.35 bits per heavy atom. The summed E-state index contributed by atoms with van der Waals surface area (Å²) in [6.45, 7) is 8.11. The van der Waals surface area contributed by atoms with Crippen LogP contribution in [-0.4, -0.2) is 15.0 Å². The number of rotatable bonds is 2. The van der Waals surface area contributed by atoms with Crippen LogP contribution in [0.15, 0.2) is 5.38 Å². The SMILES string of the molecule is Cc1csc(-c2nc(C)c(C(C)C)c(N)n2)n1. The highest BCUT2D eigenvalue weighted by atomic mass is 32.1. The number of thiazole rings is 1. The first-order chi connectivity index (χ1) is 7.99. The molecule has 0 bridgehead atoms. The van der Waals surface area contributed by atoms with Crippen LogP contribution in [0.5, 0.6) is 0 Å². The normalized spacial score (nSPS) is 11.1. The second kappa shape index (κ2) is 4.41. The Bertz CT molecular complexity index is 522. The average molecular weight is 248 g/mol. The van der Waals surface area contributed by atoms with Crippen molar-refractivity contribution in [1.82, 2.24) is 15.0 Å². The van der Waals surface area contributed by atoms with Gasteiger partial charge in [-0.1, -0.05) is 13.8 Å². The van der Waals surface area contributed by atoms with Crippen LogP contribution in [0.2, 0.25) is 0 Å². The van der Waals surface area contributed by atoms with Gasteiger partial charge in [0.15, 0.2) is 10.8 Å². The maximum absolute atomic E-state index is 5.99. The number of hydrogen-bond acceptors (Lipinski definition) is 5. The van der Waals surface area contributed by atoms with Crippen LogP contribution in [0.25, 0.3) is 10.8 Å². The molecule has 0 aliphatic heterocycles. The summed E-state index contributed by atoms with van der Waals surface area (Å²) in [6, 6.07) is 0. The molecule has 0 amide bonds. The predicted octanol–water partition coefficient (Wildman–Crippen LogP) is 2.92. The summed E-state index contributed by atoms with van der Waals surface area (Å²) in [4.78, 5) is 13.2. The van der Waals surface area contributed by atoms with E-state index in [1.807, 2.05) is 19.2 Å². The molecule has 2 aromatic heterocycles. The minimum atomic E-state index is 0.335. The minimum absolute atomic E-state index is 0.335. The molecule has 0 spiro atoms. The van der Waals surface area contributed by atoms with Gasteiger partial charge in [0.2, 0.25) is 0 Å². The third kappa shape index (κ3) is 2.29. The Balaban J connectivity index is 2.52. The van der Waals surface area contributed by atoms with Crippen molar-refractivity contribution >= 4 is 17.2 Å². The smallest absolute Gasteiger partial charge is 0.190 e. The van der Waals surface area contributed by atoms with Crippen molar-refractivity contribution in [2.24, 2.45) is 0 Å². The fourth-order valence-corrected chi connectivity index (χ4v) is 2.60. The molecule has 0 atom stereocenters. The van der Waals surface area contributed by atoms with E-state index < -0.39 is 0 Å². The zero-order chi connectivity index (χ0) is 12.6. The maximum atomic E-state index is 5.99. The van der Waals surface area contributed by atoms with Gasteiger partial charge in [-0.25, -0.2) is 15.0 Å². The summed E-state index contributed by atoms with van der Waals surface area (Å²) >= 11 is 1.54. The highest BCUT2D eigenvalue weighted by Crippen LogP contribution is 2.27. The van der Waals surface area contributed by atoms with Crippen molar-refractivity contribution in [1.29, 1.82) is 0 Å². The van der Waals surface area contributed by atoms with Crippen molar-refractivity contribution in [3.63, 3.8) is 0 Å². The molecule has 0 fully saturated rings. The van der Waals surface area contributed by atoms with Crippen molar-refractivity contribution in [2.75, 3.05) is 5.73 Å². The maximum Gasteiger partial charge on any atom is 0.190 e. The van der Waals surface area contributed by atoms with Gasteiger partial charge in [-0.05, 0) is 19.8 Å². The molecule has 2 N–H and O–H groups in total. The van der Waals surface area contributed by atoms with E-state index in [-0.39, 0.29) is 0 Å². The van der Waals surface area contributed by atoms with Gasteiger partial charge in [-0.3, -0.25) is 0 Å². The lowest BCUT2D eigenvalue weighted by molar-refractivity contribution is 0.836. The number of nitrogens with zero attached hydrogens (tertiary/aromatic N) is 3. The molecule has 0 saturated carbocycles. The van der Waals surface area contributed by atoms with Gasteiger partial charge in [-0.2, -0.15) is 0 Å². The zero-order valence-corrected chi connectivity index (χ0v) is 11.3. The van der Waals surface area contributed by atoms with Crippen LogP contribution in [0, 0.1) is 13.8 Å². The van der Waals surface area contributed by atoms with Gasteiger partial charge < -0.3 is 5.73 Å². The molecule has 2 heterocycles. The van der Waals surface area contributed by atoms with Gasteiger partial charge in [-0.15, -0.1) is 11.3 Å². The van der Waals surface area contributed by atoms with Gasteiger partial charge in [0, 0.05) is 22.3 Å². The molecule has 0 aromatic carbocycles. The number of nitrogens with two attached hydrogens (primary N) is 1. The quantitative estimate of drug-likeness (QED) is 0.887. The number of hydrogen-bond donors (Lipinski definition) is 1. The third-order valence-corrected chi connectivity index (χ3v) is 3.51. The minimum Gasteiger partial charge on any atom is -0.383 e. The molecular weight excluding hydrogens is 232 g/mol. The van der Waals surface area contributed by atoms with Crippen LogP contribution in [0.4, 0.5) is 5.82 Å². The van der Waals surface area contributed by atoms with E-state index >= 15 is 0 Å². The molecule has 4 nitrogen and oxygen atoms in total. The van der Waals surface area contributed by atoms with Crippen molar-refractivity contribution in [3.8, 4) is 10.8 Å². The molecule has 2 rings (SSSR count).